The lowest BCUT2D eigenvalue weighted by molar-refractivity contribution is 0.0683. The number of nitrogens with zero attached hydrogens (tertiary/aromatic N) is 8. The van der Waals surface area contributed by atoms with Gasteiger partial charge in [-0.25, -0.2) is 17.4 Å². The molecule has 2 heterocycles. The van der Waals surface area contributed by atoms with Crippen LogP contribution in [0.1, 0.15) is 25.6 Å². The summed E-state index contributed by atoms with van der Waals surface area (Å²) in [6, 6.07) is 4.55. The molecule has 0 spiro atoms. The highest BCUT2D eigenvalue weighted by Crippen LogP contribution is 2.19. The maximum absolute atomic E-state index is 12.3. The SMILES string of the molecule is CCCCn1nnnc1COn1nnc2ccc(S(=O)(=O)N(C)C)cc21. The number of benzene rings is 1. The van der Waals surface area contributed by atoms with Crippen LogP contribution >= 0.6 is 0 Å². The van der Waals surface area contributed by atoms with Gasteiger partial charge in [0.05, 0.1) is 4.90 Å². The molecule has 0 fully saturated rings. The fourth-order valence-electron chi connectivity index (χ4n) is 2.27. The van der Waals surface area contributed by atoms with E-state index in [4.69, 9.17) is 4.84 Å². The van der Waals surface area contributed by atoms with Gasteiger partial charge in [-0.05, 0) is 40.3 Å². The Morgan fingerprint density at radius 1 is 1.19 bits per heavy atom. The molecule has 0 unspecified atom stereocenters. The van der Waals surface area contributed by atoms with Crippen LogP contribution in [0.2, 0.25) is 0 Å². The molecule has 3 rings (SSSR count). The first kappa shape index (κ1) is 18.2. The molecule has 0 N–H and O–H groups in total. The molecular weight excluding hydrogens is 360 g/mol. The fraction of sp³-hybridized carbons (Fsp3) is 0.500. The van der Waals surface area contributed by atoms with E-state index in [2.05, 4.69) is 32.8 Å². The highest BCUT2D eigenvalue weighted by Gasteiger charge is 2.19. The van der Waals surface area contributed by atoms with E-state index in [0.717, 1.165) is 17.1 Å². The average Bonchev–Trinajstić information content (AvgIpc) is 3.23. The number of aryl methyl sites for hydroxylation is 1. The van der Waals surface area contributed by atoms with E-state index in [1.807, 2.05) is 0 Å². The van der Waals surface area contributed by atoms with Crippen molar-refractivity contribution in [2.24, 2.45) is 0 Å². The molecule has 0 aliphatic carbocycles. The third kappa shape index (κ3) is 3.51. The molecule has 0 aliphatic rings. The summed E-state index contributed by atoms with van der Waals surface area (Å²) >= 11 is 0. The maximum atomic E-state index is 12.3. The standard InChI is InChI=1S/C14H20N8O3S/c1-4-5-8-21-14(16-17-19-21)10-25-22-13-9-11(26(23,24)20(2)3)6-7-12(13)15-18-22/h6-7,9H,4-5,8,10H2,1-3H3. The molecule has 26 heavy (non-hydrogen) atoms. The Morgan fingerprint density at radius 3 is 2.73 bits per heavy atom. The summed E-state index contributed by atoms with van der Waals surface area (Å²) in [5, 5.41) is 19.4. The van der Waals surface area contributed by atoms with Gasteiger partial charge in [0.1, 0.15) is 11.0 Å². The van der Waals surface area contributed by atoms with Crippen molar-refractivity contribution in [3.8, 4) is 0 Å². The lowest BCUT2D eigenvalue weighted by Gasteiger charge is -2.11. The molecule has 1 aromatic carbocycles. The van der Waals surface area contributed by atoms with Crippen molar-refractivity contribution in [2.45, 2.75) is 37.8 Å². The lowest BCUT2D eigenvalue weighted by Crippen LogP contribution is -2.22. The Bertz CT molecular complexity index is 995. The van der Waals surface area contributed by atoms with Crippen LogP contribution in [-0.2, 0) is 23.2 Å². The van der Waals surface area contributed by atoms with Crippen molar-refractivity contribution >= 4 is 21.1 Å². The minimum Gasteiger partial charge on any atom is -0.387 e. The van der Waals surface area contributed by atoms with Gasteiger partial charge in [-0.15, -0.1) is 10.2 Å². The Balaban J connectivity index is 1.84. The second kappa shape index (κ2) is 7.33. The van der Waals surface area contributed by atoms with Crippen molar-refractivity contribution in [1.29, 1.82) is 0 Å². The van der Waals surface area contributed by atoms with Crippen LogP contribution in [-0.4, -0.2) is 62.2 Å². The van der Waals surface area contributed by atoms with Gasteiger partial charge >= 0.3 is 0 Å². The number of aromatic nitrogens is 7. The minimum absolute atomic E-state index is 0.0832. The second-order valence-electron chi connectivity index (χ2n) is 5.85. The number of hydrogen-bond acceptors (Lipinski definition) is 8. The van der Waals surface area contributed by atoms with Gasteiger partial charge in [-0.3, -0.25) is 0 Å². The minimum atomic E-state index is -3.57. The summed E-state index contributed by atoms with van der Waals surface area (Å²) in [4.78, 5) is 6.94. The van der Waals surface area contributed by atoms with Crippen LogP contribution in [0.15, 0.2) is 23.1 Å². The van der Waals surface area contributed by atoms with Gasteiger partial charge < -0.3 is 4.84 Å². The third-order valence-corrected chi connectivity index (χ3v) is 5.62. The number of unbranched alkanes of at least 4 members (excludes halogenated alkanes) is 1. The molecule has 12 heteroatoms. The molecule has 3 aromatic rings. The first-order chi connectivity index (χ1) is 12.4. The summed E-state index contributed by atoms with van der Waals surface area (Å²) in [6.07, 6.45) is 1.98. The summed E-state index contributed by atoms with van der Waals surface area (Å²) in [7, 11) is -0.618. The molecule has 2 aromatic heterocycles. The molecule has 0 saturated heterocycles. The van der Waals surface area contributed by atoms with Crippen LogP contribution in [0, 0.1) is 0 Å². The third-order valence-electron chi connectivity index (χ3n) is 3.81. The predicted octanol–water partition coefficient (Wildman–Crippen LogP) is 0.0970. The van der Waals surface area contributed by atoms with E-state index in [-0.39, 0.29) is 11.5 Å². The molecule has 11 nitrogen and oxygen atoms in total. The normalized spacial score (nSPS) is 12.2. The molecule has 0 atom stereocenters. The fourth-order valence-corrected chi connectivity index (χ4v) is 3.19. The summed E-state index contributed by atoms with van der Waals surface area (Å²) < 4.78 is 27.4. The number of sulfonamides is 1. The zero-order valence-corrected chi connectivity index (χ0v) is 15.6. The molecule has 0 radical (unpaired) electrons. The Kier molecular flexibility index (Phi) is 5.13. The largest absolute Gasteiger partial charge is 0.387 e. The molecule has 0 aliphatic heterocycles. The van der Waals surface area contributed by atoms with Gasteiger partial charge in [-0.2, -0.15) is 0 Å². The number of rotatable bonds is 8. The van der Waals surface area contributed by atoms with E-state index in [0.29, 0.717) is 23.4 Å². The van der Waals surface area contributed by atoms with Gasteiger partial charge in [0.15, 0.2) is 12.4 Å². The van der Waals surface area contributed by atoms with Crippen LogP contribution in [0.3, 0.4) is 0 Å². The molecule has 140 valence electrons. The van der Waals surface area contributed by atoms with Crippen molar-refractivity contribution in [2.75, 3.05) is 14.1 Å². The van der Waals surface area contributed by atoms with Crippen LogP contribution < -0.4 is 4.84 Å². The van der Waals surface area contributed by atoms with Gasteiger partial charge in [-0.1, -0.05) is 18.2 Å². The first-order valence-corrected chi connectivity index (χ1v) is 9.54. The Morgan fingerprint density at radius 2 is 2.00 bits per heavy atom. The summed E-state index contributed by atoms with van der Waals surface area (Å²) in [6.45, 7) is 2.87. The molecule has 0 saturated carbocycles. The van der Waals surface area contributed by atoms with Crippen molar-refractivity contribution in [1.82, 2.24) is 39.7 Å². The Hall–Kier alpha value is -2.60. The maximum Gasteiger partial charge on any atom is 0.242 e. The quantitative estimate of drug-likeness (QED) is 0.539. The van der Waals surface area contributed by atoms with Crippen LogP contribution in [0.25, 0.3) is 11.0 Å². The molecular formula is C14H20N8O3S. The number of hydrogen-bond donors (Lipinski definition) is 0. The zero-order valence-electron chi connectivity index (χ0n) is 14.8. The van der Waals surface area contributed by atoms with Gasteiger partial charge in [0.25, 0.3) is 0 Å². The van der Waals surface area contributed by atoms with Crippen molar-refractivity contribution < 1.29 is 13.3 Å². The van der Waals surface area contributed by atoms with Crippen molar-refractivity contribution in [3.63, 3.8) is 0 Å². The average molecular weight is 380 g/mol. The van der Waals surface area contributed by atoms with Crippen molar-refractivity contribution in [3.05, 3.63) is 24.0 Å². The number of fused-ring (bicyclic) bond motifs is 1. The monoisotopic (exact) mass is 380 g/mol. The van der Waals surface area contributed by atoms with Gasteiger partial charge in [0, 0.05) is 20.6 Å². The smallest absolute Gasteiger partial charge is 0.242 e. The number of tetrazole rings is 1. The predicted molar refractivity (Wildman–Crippen MR) is 91.4 cm³/mol. The zero-order chi connectivity index (χ0) is 18.7. The summed E-state index contributed by atoms with van der Waals surface area (Å²) in [5.41, 5.74) is 0.966. The Labute approximate surface area is 150 Å². The van der Waals surface area contributed by atoms with Gasteiger partial charge in [0.2, 0.25) is 10.0 Å². The highest BCUT2D eigenvalue weighted by atomic mass is 32.2. The van der Waals surface area contributed by atoms with Crippen LogP contribution in [0.5, 0.6) is 0 Å². The van der Waals surface area contributed by atoms with E-state index < -0.39 is 10.0 Å². The second-order valence-corrected chi connectivity index (χ2v) is 8.00. The van der Waals surface area contributed by atoms with E-state index in [1.165, 1.54) is 31.1 Å². The topological polar surface area (TPSA) is 121 Å². The highest BCUT2D eigenvalue weighted by molar-refractivity contribution is 7.89. The van der Waals surface area contributed by atoms with E-state index in [1.54, 1.807) is 10.7 Å². The molecule has 0 bridgehead atoms. The first-order valence-electron chi connectivity index (χ1n) is 8.10. The lowest BCUT2D eigenvalue weighted by atomic mass is 10.3. The van der Waals surface area contributed by atoms with Crippen LogP contribution in [0.4, 0.5) is 0 Å². The van der Waals surface area contributed by atoms with E-state index >= 15 is 0 Å². The summed E-state index contributed by atoms with van der Waals surface area (Å²) in [5.74, 6) is 0.555. The van der Waals surface area contributed by atoms with E-state index in [9.17, 15) is 8.42 Å². The molecule has 0 amide bonds.